The van der Waals surface area contributed by atoms with Gasteiger partial charge in [-0.05, 0) is 36.7 Å². The minimum atomic E-state index is -0.210. The fourth-order valence-electron chi connectivity index (χ4n) is 3.12. The Bertz CT molecular complexity index is 678. The summed E-state index contributed by atoms with van der Waals surface area (Å²) in [5.41, 5.74) is 1.74. The minimum Gasteiger partial charge on any atom is -0.345 e. The number of nitrogens with one attached hydrogen (secondary N) is 3. The number of hydrogen-bond donors (Lipinski definition) is 3. The van der Waals surface area contributed by atoms with Gasteiger partial charge in [0.1, 0.15) is 5.52 Å². The fourth-order valence-corrected chi connectivity index (χ4v) is 3.12. The van der Waals surface area contributed by atoms with Crippen molar-refractivity contribution in [3.8, 4) is 0 Å². The van der Waals surface area contributed by atoms with Gasteiger partial charge in [-0.25, -0.2) is 14.8 Å². The highest BCUT2D eigenvalue weighted by atomic mass is 16.2. The molecule has 0 spiro atoms. The van der Waals surface area contributed by atoms with Crippen molar-refractivity contribution in [1.29, 1.82) is 0 Å². The number of anilines is 1. The molecule has 0 aromatic carbocycles. The molecule has 0 saturated heterocycles. The smallest absolute Gasteiger partial charge is 0.320 e. The summed E-state index contributed by atoms with van der Waals surface area (Å²) in [7, 11) is 0. The van der Waals surface area contributed by atoms with Gasteiger partial charge < -0.3 is 10.3 Å². The molecule has 3 N–H and O–H groups in total. The number of urea groups is 1. The molecule has 2 aromatic heterocycles. The molecule has 0 bridgehead atoms. The Labute approximate surface area is 130 Å². The lowest BCUT2D eigenvalue weighted by Gasteiger charge is -2.39. The summed E-state index contributed by atoms with van der Waals surface area (Å²) in [4.78, 5) is 23.8. The predicted molar refractivity (Wildman–Crippen MR) is 86.6 cm³/mol. The molecule has 2 heterocycles. The highest BCUT2D eigenvalue weighted by Gasteiger charge is 2.33. The Kier molecular flexibility index (Phi) is 3.76. The third-order valence-electron chi connectivity index (χ3n) is 4.55. The van der Waals surface area contributed by atoms with Crippen LogP contribution in [0.3, 0.4) is 0 Å². The summed E-state index contributed by atoms with van der Waals surface area (Å²) >= 11 is 0. The first-order valence-electron chi connectivity index (χ1n) is 7.81. The van der Waals surface area contributed by atoms with Crippen LogP contribution in [0, 0.1) is 11.3 Å². The van der Waals surface area contributed by atoms with Gasteiger partial charge in [-0.15, -0.1) is 0 Å². The van der Waals surface area contributed by atoms with E-state index in [1.165, 1.54) is 6.42 Å². The maximum Gasteiger partial charge on any atom is 0.320 e. The van der Waals surface area contributed by atoms with Crippen LogP contribution >= 0.6 is 0 Å². The number of carbonyl (C=O) groups excluding carboxylic acids is 1. The molecule has 6 heteroatoms. The molecule has 3 rings (SSSR count). The number of rotatable bonds is 2. The molecular formula is C16H23N5O. The monoisotopic (exact) mass is 301 g/mol. The molecule has 0 radical (unpaired) electrons. The van der Waals surface area contributed by atoms with Crippen molar-refractivity contribution in [2.45, 2.75) is 46.1 Å². The lowest BCUT2D eigenvalue weighted by molar-refractivity contribution is 0.154. The Morgan fingerprint density at radius 3 is 3.09 bits per heavy atom. The number of fused-ring (bicyclic) bond motifs is 1. The zero-order valence-electron chi connectivity index (χ0n) is 13.3. The van der Waals surface area contributed by atoms with E-state index in [4.69, 9.17) is 0 Å². The molecule has 2 aromatic rings. The van der Waals surface area contributed by atoms with Gasteiger partial charge in [0.2, 0.25) is 0 Å². The van der Waals surface area contributed by atoms with Crippen molar-refractivity contribution >= 4 is 23.0 Å². The number of hydrogen-bond acceptors (Lipinski definition) is 3. The number of H-pyrrole nitrogens is 1. The van der Waals surface area contributed by atoms with E-state index in [2.05, 4.69) is 46.4 Å². The van der Waals surface area contributed by atoms with Crippen molar-refractivity contribution in [2.24, 2.45) is 11.3 Å². The molecule has 2 amide bonds. The Morgan fingerprint density at radius 2 is 2.27 bits per heavy atom. The first-order chi connectivity index (χ1) is 10.4. The van der Waals surface area contributed by atoms with E-state index in [1.807, 2.05) is 6.07 Å². The van der Waals surface area contributed by atoms with Crippen LogP contribution < -0.4 is 10.6 Å². The van der Waals surface area contributed by atoms with Crippen molar-refractivity contribution in [2.75, 3.05) is 5.32 Å². The van der Waals surface area contributed by atoms with Crippen LogP contribution in [-0.4, -0.2) is 27.0 Å². The van der Waals surface area contributed by atoms with Gasteiger partial charge in [-0.1, -0.05) is 20.8 Å². The largest absolute Gasteiger partial charge is 0.345 e. The molecule has 1 fully saturated rings. The van der Waals surface area contributed by atoms with Crippen LogP contribution in [0.2, 0.25) is 0 Å². The summed E-state index contributed by atoms with van der Waals surface area (Å²) in [5, 5.41) is 5.87. The minimum absolute atomic E-state index is 0.202. The number of aromatic amines is 1. The summed E-state index contributed by atoms with van der Waals surface area (Å²) < 4.78 is 0. The Hall–Kier alpha value is -2.11. The van der Waals surface area contributed by atoms with Crippen LogP contribution in [0.4, 0.5) is 10.6 Å². The van der Waals surface area contributed by atoms with E-state index in [9.17, 15) is 4.79 Å². The summed E-state index contributed by atoms with van der Waals surface area (Å²) in [6.45, 7) is 6.72. The van der Waals surface area contributed by atoms with E-state index in [0.29, 0.717) is 17.4 Å². The molecule has 118 valence electrons. The second-order valence-electron chi connectivity index (χ2n) is 7.06. The lowest BCUT2D eigenvalue weighted by atomic mass is 9.71. The molecule has 1 aliphatic carbocycles. The first kappa shape index (κ1) is 14.8. The molecule has 22 heavy (non-hydrogen) atoms. The van der Waals surface area contributed by atoms with E-state index >= 15 is 0 Å². The summed E-state index contributed by atoms with van der Waals surface area (Å²) in [6, 6.07) is 1.82. The van der Waals surface area contributed by atoms with E-state index in [-0.39, 0.29) is 17.5 Å². The van der Waals surface area contributed by atoms with Crippen LogP contribution in [0.5, 0.6) is 0 Å². The lowest BCUT2D eigenvalue weighted by Crippen LogP contribution is -2.46. The molecule has 0 unspecified atom stereocenters. The maximum atomic E-state index is 12.2. The van der Waals surface area contributed by atoms with Crippen LogP contribution in [0.15, 0.2) is 18.5 Å². The SMILES string of the molecule is C[C@H]1CCC(C)(C)C[C@H]1NC(=O)Nc1cnc2[nH]ccc2n1. The highest BCUT2D eigenvalue weighted by molar-refractivity contribution is 5.89. The van der Waals surface area contributed by atoms with E-state index in [0.717, 1.165) is 18.4 Å². The van der Waals surface area contributed by atoms with Crippen molar-refractivity contribution in [3.05, 3.63) is 18.5 Å². The average Bonchev–Trinajstić information content (AvgIpc) is 2.90. The average molecular weight is 301 g/mol. The second-order valence-corrected chi connectivity index (χ2v) is 7.06. The predicted octanol–water partition coefficient (Wildman–Crippen LogP) is 3.29. The van der Waals surface area contributed by atoms with Crippen molar-refractivity contribution in [1.82, 2.24) is 20.3 Å². The topological polar surface area (TPSA) is 82.7 Å². The number of carbonyl (C=O) groups is 1. The van der Waals surface area contributed by atoms with Crippen molar-refractivity contribution < 1.29 is 4.79 Å². The quantitative estimate of drug-likeness (QED) is 0.796. The van der Waals surface area contributed by atoms with E-state index in [1.54, 1.807) is 12.4 Å². The Morgan fingerprint density at radius 1 is 1.45 bits per heavy atom. The second kappa shape index (κ2) is 5.59. The van der Waals surface area contributed by atoms with Gasteiger partial charge >= 0.3 is 6.03 Å². The van der Waals surface area contributed by atoms with Gasteiger partial charge in [0.25, 0.3) is 0 Å². The number of nitrogens with zero attached hydrogens (tertiary/aromatic N) is 2. The van der Waals surface area contributed by atoms with Crippen LogP contribution in [0.25, 0.3) is 11.2 Å². The van der Waals surface area contributed by atoms with Gasteiger partial charge in [0, 0.05) is 12.2 Å². The third-order valence-corrected chi connectivity index (χ3v) is 4.55. The Balaban J connectivity index is 1.64. The van der Waals surface area contributed by atoms with Gasteiger partial charge in [-0.2, -0.15) is 0 Å². The fraction of sp³-hybridized carbons (Fsp3) is 0.562. The molecule has 0 aliphatic heterocycles. The zero-order chi connectivity index (χ0) is 15.7. The summed E-state index contributed by atoms with van der Waals surface area (Å²) in [5.74, 6) is 0.962. The summed E-state index contributed by atoms with van der Waals surface area (Å²) in [6.07, 6.45) is 6.70. The van der Waals surface area contributed by atoms with Crippen LogP contribution in [0.1, 0.15) is 40.0 Å². The number of amides is 2. The third kappa shape index (κ3) is 3.21. The standard InChI is InChI=1S/C16H23N5O/c1-10-4-6-16(2,3)8-12(10)20-15(22)21-13-9-18-14-11(19-13)5-7-17-14/h5,7,9-10,12H,4,6,8H2,1-3H3,(H,17,18)(H2,19,20,21,22)/t10-,12+/m0/s1. The molecule has 6 nitrogen and oxygen atoms in total. The normalized spacial score (nSPS) is 24.1. The highest BCUT2D eigenvalue weighted by Crippen LogP contribution is 2.38. The molecule has 1 aliphatic rings. The first-order valence-corrected chi connectivity index (χ1v) is 7.81. The van der Waals surface area contributed by atoms with Crippen molar-refractivity contribution in [3.63, 3.8) is 0 Å². The van der Waals surface area contributed by atoms with Crippen LogP contribution in [-0.2, 0) is 0 Å². The molecule has 1 saturated carbocycles. The number of aromatic nitrogens is 3. The maximum absolute atomic E-state index is 12.2. The zero-order valence-corrected chi connectivity index (χ0v) is 13.3. The van der Waals surface area contributed by atoms with Gasteiger partial charge in [-0.3, -0.25) is 5.32 Å². The van der Waals surface area contributed by atoms with Gasteiger partial charge in [0.05, 0.1) is 6.20 Å². The molecular weight excluding hydrogens is 278 g/mol. The van der Waals surface area contributed by atoms with Gasteiger partial charge in [0.15, 0.2) is 11.5 Å². The molecule has 2 atom stereocenters. The van der Waals surface area contributed by atoms with E-state index < -0.39 is 0 Å².